The second-order valence-electron chi connectivity index (χ2n) is 6.84. The normalized spacial score (nSPS) is 28.7. The van der Waals surface area contributed by atoms with E-state index in [2.05, 4.69) is 28.6 Å². The van der Waals surface area contributed by atoms with Crippen LogP contribution in [-0.4, -0.2) is 26.2 Å². The number of sulfonamides is 1. The van der Waals surface area contributed by atoms with Crippen LogP contribution in [0.5, 0.6) is 5.75 Å². The standard InChI is InChI=1S/C20H22BrNO4S/c1-14-6-9-17(4-2-3-5-19(14)21)26-18-10-7-15(8-11-18)16-12-20(23)22-27(24,25)13-16/h2-3,5,7-8,10-11,16-17H,1,4,6,9,12-13H2,(H,22,23)/b3-2-,19-5+/t16?,17-/m0/s1. The Kier molecular flexibility index (Phi) is 6.22. The number of halogens is 1. The van der Waals surface area contributed by atoms with E-state index in [1.54, 1.807) is 0 Å². The summed E-state index contributed by atoms with van der Waals surface area (Å²) in [5.41, 5.74) is 1.87. The van der Waals surface area contributed by atoms with Crippen molar-refractivity contribution in [3.8, 4) is 5.75 Å². The second kappa shape index (κ2) is 8.44. The van der Waals surface area contributed by atoms with E-state index in [9.17, 15) is 13.2 Å². The van der Waals surface area contributed by atoms with Crippen LogP contribution < -0.4 is 9.46 Å². The predicted molar refractivity (Wildman–Crippen MR) is 109 cm³/mol. The van der Waals surface area contributed by atoms with Crippen LogP contribution in [0, 0.1) is 0 Å². The molecule has 2 aliphatic rings. The third-order valence-electron chi connectivity index (χ3n) is 4.66. The summed E-state index contributed by atoms with van der Waals surface area (Å²) in [4.78, 5) is 11.6. The molecule has 0 bridgehead atoms. The lowest BCUT2D eigenvalue weighted by atomic mass is 9.97. The van der Waals surface area contributed by atoms with E-state index in [1.165, 1.54) is 0 Å². The zero-order valence-electron chi connectivity index (χ0n) is 14.9. The average molecular weight is 452 g/mol. The number of ether oxygens (including phenoxy) is 1. The van der Waals surface area contributed by atoms with Crippen molar-refractivity contribution in [3.05, 3.63) is 64.7 Å². The Balaban J connectivity index is 1.65. The number of hydrogen-bond acceptors (Lipinski definition) is 4. The number of benzene rings is 1. The number of carbonyl (C=O) groups is 1. The van der Waals surface area contributed by atoms with Crippen molar-refractivity contribution in [2.75, 3.05) is 5.75 Å². The van der Waals surface area contributed by atoms with Gasteiger partial charge in [-0.25, -0.2) is 8.42 Å². The molecule has 0 radical (unpaired) electrons. The van der Waals surface area contributed by atoms with Crippen molar-refractivity contribution < 1.29 is 17.9 Å². The molecule has 0 saturated carbocycles. The van der Waals surface area contributed by atoms with Crippen LogP contribution in [0.4, 0.5) is 0 Å². The molecule has 1 aliphatic heterocycles. The molecule has 0 aromatic heterocycles. The molecule has 1 N–H and O–H groups in total. The number of amides is 1. The second-order valence-corrected chi connectivity index (χ2v) is 9.46. The lowest BCUT2D eigenvalue weighted by molar-refractivity contribution is -0.119. The third-order valence-corrected chi connectivity index (χ3v) is 6.86. The van der Waals surface area contributed by atoms with Gasteiger partial charge in [-0.2, -0.15) is 0 Å². The molecule has 27 heavy (non-hydrogen) atoms. The Morgan fingerprint density at radius 1 is 1.22 bits per heavy atom. The molecule has 1 fully saturated rings. The highest BCUT2D eigenvalue weighted by atomic mass is 79.9. The maximum absolute atomic E-state index is 11.7. The van der Waals surface area contributed by atoms with Gasteiger partial charge in [-0.3, -0.25) is 9.52 Å². The van der Waals surface area contributed by atoms with Crippen molar-refractivity contribution in [1.82, 2.24) is 4.72 Å². The molecule has 1 aliphatic carbocycles. The molecule has 1 aromatic carbocycles. The van der Waals surface area contributed by atoms with E-state index in [0.717, 1.165) is 40.6 Å². The van der Waals surface area contributed by atoms with E-state index >= 15 is 0 Å². The van der Waals surface area contributed by atoms with Gasteiger partial charge in [0.15, 0.2) is 0 Å². The van der Waals surface area contributed by atoms with E-state index in [4.69, 9.17) is 4.74 Å². The zero-order valence-corrected chi connectivity index (χ0v) is 17.3. The molecule has 0 spiro atoms. The molecule has 1 aromatic rings. The van der Waals surface area contributed by atoms with Crippen LogP contribution in [0.1, 0.15) is 37.2 Å². The van der Waals surface area contributed by atoms with Crippen molar-refractivity contribution in [3.63, 3.8) is 0 Å². The lowest BCUT2D eigenvalue weighted by Crippen LogP contribution is -2.40. The third kappa shape index (κ3) is 5.56. The first-order valence-corrected chi connectivity index (χ1v) is 11.3. The first-order chi connectivity index (χ1) is 12.8. The van der Waals surface area contributed by atoms with Crippen LogP contribution in [0.25, 0.3) is 0 Å². The number of allylic oxidation sites excluding steroid dienone is 4. The van der Waals surface area contributed by atoms with E-state index in [-0.39, 0.29) is 24.2 Å². The highest BCUT2D eigenvalue weighted by Gasteiger charge is 2.30. The molecular formula is C20H22BrNO4S. The minimum absolute atomic E-state index is 0.0384. The van der Waals surface area contributed by atoms with Gasteiger partial charge >= 0.3 is 0 Å². The fourth-order valence-corrected chi connectivity index (χ4v) is 4.91. The van der Waals surface area contributed by atoms with Gasteiger partial charge in [-0.05, 0) is 42.2 Å². The maximum atomic E-state index is 11.7. The summed E-state index contributed by atoms with van der Waals surface area (Å²) in [5.74, 6) is -0.116. The molecule has 3 rings (SSSR count). The molecule has 1 amide bonds. The first-order valence-electron chi connectivity index (χ1n) is 8.83. The Bertz CT molecular complexity index is 887. The summed E-state index contributed by atoms with van der Waals surface area (Å²) in [5, 5.41) is 0. The number of nitrogens with one attached hydrogen (secondary N) is 1. The highest BCUT2D eigenvalue weighted by molar-refractivity contribution is 9.12. The van der Waals surface area contributed by atoms with E-state index in [1.807, 2.05) is 41.1 Å². The Labute approximate surface area is 168 Å². The van der Waals surface area contributed by atoms with Gasteiger partial charge in [0.2, 0.25) is 15.9 Å². The summed E-state index contributed by atoms with van der Waals surface area (Å²) >= 11 is 3.52. The van der Waals surface area contributed by atoms with E-state index in [0.29, 0.717) is 0 Å². The lowest BCUT2D eigenvalue weighted by Gasteiger charge is -2.23. The smallest absolute Gasteiger partial charge is 0.235 e. The monoisotopic (exact) mass is 451 g/mol. The minimum Gasteiger partial charge on any atom is -0.490 e. The fourth-order valence-electron chi connectivity index (χ4n) is 3.21. The van der Waals surface area contributed by atoms with E-state index < -0.39 is 15.9 Å². The molecule has 1 unspecified atom stereocenters. The van der Waals surface area contributed by atoms with Crippen LogP contribution >= 0.6 is 15.9 Å². The topological polar surface area (TPSA) is 72.5 Å². The summed E-state index contributed by atoms with van der Waals surface area (Å²) < 4.78 is 32.6. The van der Waals surface area contributed by atoms with Crippen molar-refractivity contribution in [1.29, 1.82) is 0 Å². The van der Waals surface area contributed by atoms with Crippen LogP contribution in [0.3, 0.4) is 0 Å². The molecule has 144 valence electrons. The predicted octanol–water partition coefficient (Wildman–Crippen LogP) is 3.94. The fraction of sp³-hybridized carbons (Fsp3) is 0.350. The summed E-state index contributed by atoms with van der Waals surface area (Å²) in [6.45, 7) is 4.07. The maximum Gasteiger partial charge on any atom is 0.235 e. The molecule has 1 heterocycles. The summed E-state index contributed by atoms with van der Waals surface area (Å²) in [6.07, 6.45) is 8.78. The Hall–Kier alpha value is -1.86. The van der Waals surface area contributed by atoms with Gasteiger partial charge in [0.1, 0.15) is 11.9 Å². The first kappa shape index (κ1) is 19.9. The number of carbonyl (C=O) groups excluding carboxylic acids is 1. The molecule has 5 nitrogen and oxygen atoms in total. The Morgan fingerprint density at radius 2 is 1.96 bits per heavy atom. The molecule has 2 atom stereocenters. The van der Waals surface area contributed by atoms with Gasteiger partial charge < -0.3 is 4.74 Å². The zero-order chi connectivity index (χ0) is 19.4. The van der Waals surface area contributed by atoms with Gasteiger partial charge in [-0.1, -0.05) is 46.8 Å². The van der Waals surface area contributed by atoms with Crippen molar-refractivity contribution in [2.24, 2.45) is 0 Å². The van der Waals surface area contributed by atoms with Crippen LogP contribution in [0.2, 0.25) is 0 Å². The molecule has 1 saturated heterocycles. The quantitative estimate of drug-likeness (QED) is 0.754. The highest BCUT2D eigenvalue weighted by Crippen LogP contribution is 2.28. The van der Waals surface area contributed by atoms with Crippen LogP contribution in [-0.2, 0) is 14.8 Å². The minimum atomic E-state index is -3.54. The van der Waals surface area contributed by atoms with Crippen molar-refractivity contribution >= 4 is 31.9 Å². The van der Waals surface area contributed by atoms with Gasteiger partial charge in [0, 0.05) is 23.2 Å². The van der Waals surface area contributed by atoms with Gasteiger partial charge in [0.25, 0.3) is 0 Å². The summed E-state index contributed by atoms with van der Waals surface area (Å²) in [6, 6.07) is 7.37. The van der Waals surface area contributed by atoms with Crippen LogP contribution in [0.15, 0.2) is 59.1 Å². The average Bonchev–Trinajstić information content (AvgIpc) is 2.67. The SMILES string of the molecule is C=C1CC[C@@H](Oc2ccc(C3CC(=O)NS(=O)(=O)C3)cc2)C/C=C\C=C/1Br. The van der Waals surface area contributed by atoms with Gasteiger partial charge in [-0.15, -0.1) is 0 Å². The number of rotatable bonds is 3. The summed E-state index contributed by atoms with van der Waals surface area (Å²) in [7, 11) is -3.54. The Morgan fingerprint density at radius 3 is 2.67 bits per heavy atom. The number of hydrogen-bond donors (Lipinski definition) is 1. The molecule has 7 heteroatoms. The van der Waals surface area contributed by atoms with Crippen molar-refractivity contribution in [2.45, 2.75) is 37.7 Å². The largest absolute Gasteiger partial charge is 0.490 e. The van der Waals surface area contributed by atoms with Gasteiger partial charge in [0.05, 0.1) is 5.75 Å². The molecular weight excluding hydrogens is 430 g/mol.